The number of carbonyl (C=O) groups is 1. The van der Waals surface area contributed by atoms with Crippen molar-refractivity contribution in [2.24, 2.45) is 0 Å². The molecule has 0 atom stereocenters. The molecule has 1 saturated carbocycles. The van der Waals surface area contributed by atoms with E-state index in [1.54, 1.807) is 23.3 Å². The molecule has 1 saturated heterocycles. The van der Waals surface area contributed by atoms with Crippen LogP contribution in [0, 0.1) is 25.2 Å². The number of Topliss-reactive ketones (excluding diaryl/α,β-unsaturated/α-hetero) is 1. The van der Waals surface area contributed by atoms with E-state index in [0.717, 1.165) is 74.5 Å². The minimum Gasteiger partial charge on any atom is -0.379 e. The molecule has 0 N–H and O–H groups in total. The first-order valence-electron chi connectivity index (χ1n) is 12.7. The van der Waals surface area contributed by atoms with E-state index in [1.807, 2.05) is 38.1 Å². The van der Waals surface area contributed by atoms with Crippen molar-refractivity contribution in [2.45, 2.75) is 57.4 Å². The van der Waals surface area contributed by atoms with E-state index in [-0.39, 0.29) is 12.2 Å². The van der Waals surface area contributed by atoms with Gasteiger partial charge in [-0.25, -0.2) is 9.67 Å². The fourth-order valence-corrected chi connectivity index (χ4v) is 5.42. The lowest BCUT2D eigenvalue weighted by atomic mass is 9.71. The zero-order valence-corrected chi connectivity index (χ0v) is 21.0. The third-order valence-electron chi connectivity index (χ3n) is 7.69. The number of rotatable bonds is 6. The van der Waals surface area contributed by atoms with E-state index >= 15 is 0 Å². The van der Waals surface area contributed by atoms with E-state index in [9.17, 15) is 10.1 Å². The predicted molar refractivity (Wildman–Crippen MR) is 135 cm³/mol. The highest BCUT2D eigenvalue weighted by Crippen LogP contribution is 2.39. The van der Waals surface area contributed by atoms with Gasteiger partial charge in [0.15, 0.2) is 11.6 Å². The second-order valence-electron chi connectivity index (χ2n) is 9.97. The highest BCUT2D eigenvalue weighted by atomic mass is 16.5. The summed E-state index contributed by atoms with van der Waals surface area (Å²) in [6, 6.07) is 10.8. The Hall–Kier alpha value is -3.41. The summed E-state index contributed by atoms with van der Waals surface area (Å²) in [4.78, 5) is 24.6. The van der Waals surface area contributed by atoms with Crippen LogP contribution in [-0.2, 0) is 16.6 Å². The van der Waals surface area contributed by atoms with E-state index in [4.69, 9.17) is 4.74 Å². The molecule has 8 nitrogen and oxygen atoms in total. The van der Waals surface area contributed by atoms with Crippen molar-refractivity contribution in [1.82, 2.24) is 24.6 Å². The topological polar surface area (TPSA) is 96.9 Å². The quantitative estimate of drug-likeness (QED) is 0.492. The van der Waals surface area contributed by atoms with Gasteiger partial charge >= 0.3 is 0 Å². The number of carbonyl (C=O) groups excluding carboxylic acids is 1. The van der Waals surface area contributed by atoms with Gasteiger partial charge in [0, 0.05) is 37.9 Å². The number of pyridine rings is 2. The SMILES string of the molecule is Cc1ccc(-n2ncc(C(=O)Cc3ccc(C4(C#N)CCC(N5CCOCC5)CC4)nc3)c2C)nc1. The molecular weight excluding hydrogens is 452 g/mol. The molecular formula is C28H32N6O2. The monoisotopic (exact) mass is 484 g/mol. The lowest BCUT2D eigenvalue weighted by molar-refractivity contribution is 0.00493. The fourth-order valence-electron chi connectivity index (χ4n) is 5.42. The molecule has 4 heterocycles. The minimum absolute atomic E-state index is 0.0126. The number of aryl methyl sites for hydroxylation is 1. The van der Waals surface area contributed by atoms with Crippen molar-refractivity contribution in [3.63, 3.8) is 0 Å². The number of aromatic nitrogens is 4. The molecule has 0 bridgehead atoms. The van der Waals surface area contributed by atoms with Gasteiger partial charge in [0.25, 0.3) is 0 Å². The first kappa shape index (κ1) is 24.3. The van der Waals surface area contributed by atoms with Crippen LogP contribution in [0.2, 0.25) is 0 Å². The van der Waals surface area contributed by atoms with Gasteiger partial charge in [0.2, 0.25) is 0 Å². The summed E-state index contributed by atoms with van der Waals surface area (Å²) < 4.78 is 7.18. The molecule has 1 aliphatic carbocycles. The van der Waals surface area contributed by atoms with Crippen molar-refractivity contribution in [3.8, 4) is 11.9 Å². The van der Waals surface area contributed by atoms with Gasteiger partial charge in [0.1, 0.15) is 0 Å². The Labute approximate surface area is 211 Å². The summed E-state index contributed by atoms with van der Waals surface area (Å²) in [6.45, 7) is 7.41. The summed E-state index contributed by atoms with van der Waals surface area (Å²) in [5, 5.41) is 14.5. The Morgan fingerprint density at radius 1 is 1.08 bits per heavy atom. The molecule has 3 aromatic heterocycles. The van der Waals surface area contributed by atoms with Gasteiger partial charge < -0.3 is 4.74 Å². The second kappa shape index (κ2) is 10.3. The third kappa shape index (κ3) is 4.81. The van der Waals surface area contributed by atoms with Crippen LogP contribution in [0.3, 0.4) is 0 Å². The smallest absolute Gasteiger partial charge is 0.170 e. The molecule has 0 spiro atoms. The average Bonchev–Trinajstić information content (AvgIpc) is 3.31. The summed E-state index contributed by atoms with van der Waals surface area (Å²) in [5.74, 6) is 0.676. The lowest BCUT2D eigenvalue weighted by Gasteiger charge is -2.41. The molecule has 1 aliphatic heterocycles. The molecule has 2 aliphatic rings. The van der Waals surface area contributed by atoms with E-state index < -0.39 is 5.41 Å². The molecule has 0 aromatic carbocycles. The van der Waals surface area contributed by atoms with Crippen molar-refractivity contribution in [2.75, 3.05) is 26.3 Å². The molecule has 36 heavy (non-hydrogen) atoms. The highest BCUT2D eigenvalue weighted by molar-refractivity contribution is 5.98. The van der Waals surface area contributed by atoms with Crippen LogP contribution in [0.5, 0.6) is 0 Å². The van der Waals surface area contributed by atoms with Gasteiger partial charge in [-0.3, -0.25) is 14.7 Å². The van der Waals surface area contributed by atoms with E-state index in [1.165, 1.54) is 0 Å². The second-order valence-corrected chi connectivity index (χ2v) is 9.97. The van der Waals surface area contributed by atoms with Gasteiger partial charge in [-0.1, -0.05) is 12.1 Å². The van der Waals surface area contributed by atoms with Crippen molar-refractivity contribution >= 4 is 5.78 Å². The Kier molecular flexibility index (Phi) is 6.95. The van der Waals surface area contributed by atoms with Crippen molar-refractivity contribution in [3.05, 3.63) is 70.9 Å². The van der Waals surface area contributed by atoms with Gasteiger partial charge in [-0.2, -0.15) is 10.4 Å². The van der Waals surface area contributed by atoms with Crippen LogP contribution in [-0.4, -0.2) is 62.8 Å². The standard InChI is InChI=1S/C28H32N6O2/c1-20-3-6-27(31-16-20)34-21(2)24(18-32-34)25(35)15-22-4-5-26(30-17-22)28(19-29)9-7-23(8-10-28)33-11-13-36-14-12-33/h3-6,16-18,23H,7-15H2,1-2H3. The zero-order valence-electron chi connectivity index (χ0n) is 21.0. The number of ketones is 1. The summed E-state index contributed by atoms with van der Waals surface area (Å²) in [5.41, 5.74) is 3.51. The highest BCUT2D eigenvalue weighted by Gasteiger charge is 2.40. The maximum atomic E-state index is 13.1. The number of nitriles is 1. The first-order valence-corrected chi connectivity index (χ1v) is 12.7. The van der Waals surface area contributed by atoms with E-state index in [0.29, 0.717) is 17.4 Å². The van der Waals surface area contributed by atoms with Crippen LogP contribution in [0.4, 0.5) is 0 Å². The molecule has 0 unspecified atom stereocenters. The molecule has 5 rings (SSSR count). The summed E-state index contributed by atoms with van der Waals surface area (Å²) >= 11 is 0. The number of nitrogens with zero attached hydrogens (tertiary/aromatic N) is 6. The summed E-state index contributed by atoms with van der Waals surface area (Å²) in [7, 11) is 0. The molecule has 0 amide bonds. The van der Waals surface area contributed by atoms with Gasteiger partial charge in [0.05, 0.1) is 47.8 Å². The number of hydrogen-bond donors (Lipinski definition) is 0. The minimum atomic E-state index is -0.551. The largest absolute Gasteiger partial charge is 0.379 e. The van der Waals surface area contributed by atoms with Gasteiger partial charge in [-0.05, 0) is 62.8 Å². The third-order valence-corrected chi connectivity index (χ3v) is 7.69. The number of morpholine rings is 1. The zero-order chi connectivity index (χ0) is 25.1. The predicted octanol–water partition coefficient (Wildman–Crippen LogP) is 3.74. The molecule has 2 fully saturated rings. The first-order chi connectivity index (χ1) is 17.5. The Morgan fingerprint density at radius 3 is 2.50 bits per heavy atom. The van der Waals surface area contributed by atoms with Crippen molar-refractivity contribution < 1.29 is 9.53 Å². The Bertz CT molecular complexity index is 1240. The molecule has 3 aromatic rings. The molecule has 0 radical (unpaired) electrons. The normalized spacial score (nSPS) is 22.8. The van der Waals surface area contributed by atoms with Crippen molar-refractivity contribution in [1.29, 1.82) is 5.26 Å². The Morgan fingerprint density at radius 2 is 1.86 bits per heavy atom. The number of hydrogen-bond acceptors (Lipinski definition) is 7. The molecule has 8 heteroatoms. The van der Waals surface area contributed by atoms with Crippen LogP contribution in [0.15, 0.2) is 42.9 Å². The fraction of sp³-hybridized carbons (Fsp3) is 0.464. The van der Waals surface area contributed by atoms with Crippen LogP contribution in [0.25, 0.3) is 5.82 Å². The average molecular weight is 485 g/mol. The summed E-state index contributed by atoms with van der Waals surface area (Å²) in [6.07, 6.45) is 8.99. The van der Waals surface area contributed by atoms with E-state index in [2.05, 4.69) is 26.0 Å². The van der Waals surface area contributed by atoms with Crippen LogP contribution < -0.4 is 0 Å². The van der Waals surface area contributed by atoms with Gasteiger partial charge in [-0.15, -0.1) is 0 Å². The maximum absolute atomic E-state index is 13.1. The number of ether oxygens (including phenoxy) is 1. The lowest BCUT2D eigenvalue weighted by Crippen LogP contribution is -2.47. The Balaban J connectivity index is 1.25. The molecule has 186 valence electrons. The van der Waals surface area contributed by atoms with Crippen LogP contribution >= 0.6 is 0 Å². The maximum Gasteiger partial charge on any atom is 0.170 e. The van der Waals surface area contributed by atoms with Crippen LogP contribution in [0.1, 0.15) is 58.6 Å².